The fraction of sp³-hybridized carbons (Fsp3) is 0.929. The number of esters is 1. The third-order valence-corrected chi connectivity index (χ3v) is 4.30. The quantitative estimate of drug-likeness (QED) is 0.780. The molecule has 1 saturated heterocycles. The van der Waals surface area contributed by atoms with Gasteiger partial charge >= 0.3 is 5.97 Å². The molecule has 1 fully saturated rings. The predicted octanol–water partition coefficient (Wildman–Crippen LogP) is 1.81. The molecule has 1 aliphatic heterocycles. The number of aliphatic hydroxyl groups is 1. The first-order valence-electron chi connectivity index (χ1n) is 6.88. The number of piperidine rings is 1. The van der Waals surface area contributed by atoms with Crippen LogP contribution in [0.25, 0.3) is 0 Å². The molecule has 4 nitrogen and oxygen atoms in total. The maximum Gasteiger partial charge on any atom is 0.314 e. The van der Waals surface area contributed by atoms with Gasteiger partial charge in [0.25, 0.3) is 0 Å². The zero-order valence-corrected chi connectivity index (χ0v) is 12.3. The molecule has 1 N–H and O–H groups in total. The van der Waals surface area contributed by atoms with Crippen LogP contribution in [-0.4, -0.2) is 47.3 Å². The van der Waals surface area contributed by atoms with Crippen LogP contribution in [0.5, 0.6) is 0 Å². The van der Waals surface area contributed by atoms with Gasteiger partial charge in [0, 0.05) is 19.1 Å². The van der Waals surface area contributed by atoms with E-state index < -0.39 is 11.0 Å². The second-order valence-electron chi connectivity index (χ2n) is 6.01. The predicted molar refractivity (Wildman–Crippen MR) is 71.3 cm³/mol. The van der Waals surface area contributed by atoms with E-state index in [-0.39, 0.29) is 5.97 Å². The van der Waals surface area contributed by atoms with Gasteiger partial charge in [0.1, 0.15) is 0 Å². The van der Waals surface area contributed by atoms with Crippen LogP contribution in [0.1, 0.15) is 47.5 Å². The summed E-state index contributed by atoms with van der Waals surface area (Å²) >= 11 is 0. The lowest BCUT2D eigenvalue weighted by Crippen LogP contribution is -2.57. The van der Waals surface area contributed by atoms with Crippen molar-refractivity contribution in [1.82, 2.24) is 4.90 Å². The van der Waals surface area contributed by atoms with Gasteiger partial charge in [-0.2, -0.15) is 0 Å². The average Bonchev–Trinajstić information content (AvgIpc) is 2.29. The van der Waals surface area contributed by atoms with E-state index >= 15 is 0 Å². The summed E-state index contributed by atoms with van der Waals surface area (Å²) in [7, 11) is 0. The summed E-state index contributed by atoms with van der Waals surface area (Å²) in [4.78, 5) is 14.3. The average molecular weight is 257 g/mol. The molecule has 0 unspecified atom stereocenters. The number of nitrogens with zero attached hydrogens (tertiary/aromatic N) is 1. The molecular weight excluding hydrogens is 230 g/mol. The number of hydrogen-bond acceptors (Lipinski definition) is 4. The van der Waals surface area contributed by atoms with Gasteiger partial charge in [0.15, 0.2) is 0 Å². The molecule has 0 atom stereocenters. The van der Waals surface area contributed by atoms with Crippen LogP contribution in [0, 0.1) is 5.41 Å². The number of carbonyl (C=O) groups excluding carboxylic acids is 1. The van der Waals surface area contributed by atoms with E-state index in [9.17, 15) is 9.90 Å². The molecule has 4 heteroatoms. The highest BCUT2D eigenvalue weighted by Crippen LogP contribution is 2.40. The van der Waals surface area contributed by atoms with Crippen molar-refractivity contribution in [3.8, 4) is 0 Å². The minimum absolute atomic E-state index is 0.300. The first-order valence-corrected chi connectivity index (χ1v) is 6.88. The molecule has 1 heterocycles. The van der Waals surface area contributed by atoms with Gasteiger partial charge in [-0.25, -0.2) is 0 Å². The maximum atomic E-state index is 12.0. The molecule has 106 valence electrons. The van der Waals surface area contributed by atoms with Gasteiger partial charge in [-0.15, -0.1) is 0 Å². The van der Waals surface area contributed by atoms with Crippen molar-refractivity contribution in [2.45, 2.75) is 59.1 Å². The first kappa shape index (κ1) is 15.4. The van der Waals surface area contributed by atoms with Crippen molar-refractivity contribution in [1.29, 1.82) is 0 Å². The highest BCUT2D eigenvalue weighted by Gasteiger charge is 2.51. The van der Waals surface area contributed by atoms with E-state index in [4.69, 9.17) is 4.74 Å². The molecular formula is C14H27NO3. The summed E-state index contributed by atoms with van der Waals surface area (Å²) in [5.74, 6) is -0.300. The summed E-state index contributed by atoms with van der Waals surface area (Å²) < 4.78 is 5.09. The molecule has 0 saturated carbocycles. The normalized spacial score (nSPS) is 21.1. The molecule has 0 aromatic heterocycles. The number of hydrogen-bond donors (Lipinski definition) is 1. The van der Waals surface area contributed by atoms with Crippen molar-refractivity contribution in [2.75, 3.05) is 19.7 Å². The monoisotopic (exact) mass is 257 g/mol. The fourth-order valence-corrected chi connectivity index (χ4v) is 2.54. The number of ether oxygens (including phenoxy) is 1. The van der Waals surface area contributed by atoms with Crippen molar-refractivity contribution in [3.05, 3.63) is 0 Å². The van der Waals surface area contributed by atoms with Gasteiger partial charge in [-0.05, 0) is 47.5 Å². The van der Waals surface area contributed by atoms with Crippen LogP contribution in [0.4, 0.5) is 0 Å². The highest BCUT2D eigenvalue weighted by molar-refractivity contribution is 5.77. The SMILES string of the molecule is CCOC(=O)C(C)(C)C1(O)CCN(C(C)C)CC1. The van der Waals surface area contributed by atoms with E-state index in [2.05, 4.69) is 18.7 Å². The summed E-state index contributed by atoms with van der Waals surface area (Å²) in [6.45, 7) is 11.7. The molecule has 0 spiro atoms. The summed E-state index contributed by atoms with van der Waals surface area (Å²) in [5.41, 5.74) is -1.79. The smallest absolute Gasteiger partial charge is 0.314 e. The fourth-order valence-electron chi connectivity index (χ4n) is 2.54. The van der Waals surface area contributed by atoms with E-state index in [1.54, 1.807) is 20.8 Å². The third kappa shape index (κ3) is 2.86. The summed E-state index contributed by atoms with van der Waals surface area (Å²) in [6, 6.07) is 0.486. The van der Waals surface area contributed by atoms with Crippen LogP contribution < -0.4 is 0 Å². The molecule has 0 amide bonds. The molecule has 18 heavy (non-hydrogen) atoms. The van der Waals surface area contributed by atoms with Crippen molar-refractivity contribution < 1.29 is 14.6 Å². The van der Waals surface area contributed by atoms with Gasteiger partial charge in [0.2, 0.25) is 0 Å². The molecule has 0 radical (unpaired) electrons. The summed E-state index contributed by atoms with van der Waals surface area (Å²) in [6.07, 6.45) is 1.24. The van der Waals surface area contributed by atoms with Crippen molar-refractivity contribution >= 4 is 5.97 Å². The molecule has 0 bridgehead atoms. The van der Waals surface area contributed by atoms with Crippen LogP contribution in [0.3, 0.4) is 0 Å². The Morgan fingerprint density at radius 2 is 1.89 bits per heavy atom. The van der Waals surface area contributed by atoms with Gasteiger partial charge in [-0.1, -0.05) is 0 Å². The van der Waals surface area contributed by atoms with E-state index in [1.807, 2.05) is 0 Å². The van der Waals surface area contributed by atoms with Gasteiger partial charge < -0.3 is 14.7 Å². The number of rotatable bonds is 4. The van der Waals surface area contributed by atoms with Crippen LogP contribution >= 0.6 is 0 Å². The molecule has 0 aliphatic carbocycles. The molecule has 1 rings (SSSR count). The van der Waals surface area contributed by atoms with Crippen LogP contribution in [0.2, 0.25) is 0 Å². The lowest BCUT2D eigenvalue weighted by Gasteiger charge is -2.47. The molecule has 0 aromatic carbocycles. The highest BCUT2D eigenvalue weighted by atomic mass is 16.5. The van der Waals surface area contributed by atoms with Crippen molar-refractivity contribution in [3.63, 3.8) is 0 Å². The Balaban J connectivity index is 2.73. The van der Waals surface area contributed by atoms with Crippen molar-refractivity contribution in [2.24, 2.45) is 5.41 Å². The number of likely N-dealkylation sites (tertiary alicyclic amines) is 1. The third-order valence-electron chi connectivity index (χ3n) is 4.30. The lowest BCUT2D eigenvalue weighted by atomic mass is 9.69. The lowest BCUT2D eigenvalue weighted by molar-refractivity contribution is -0.177. The summed E-state index contributed by atoms with van der Waals surface area (Å²) in [5, 5.41) is 10.8. The van der Waals surface area contributed by atoms with Gasteiger partial charge in [-0.3, -0.25) is 4.79 Å². The first-order chi connectivity index (χ1) is 8.24. The zero-order valence-electron chi connectivity index (χ0n) is 12.3. The molecule has 1 aliphatic rings. The standard InChI is InChI=1S/C14H27NO3/c1-6-18-12(16)13(4,5)14(17)7-9-15(10-8-14)11(2)3/h11,17H,6-10H2,1-5H3. The maximum absolute atomic E-state index is 12.0. The Bertz CT molecular complexity index is 291. The minimum atomic E-state index is -0.954. The molecule has 0 aromatic rings. The van der Waals surface area contributed by atoms with Crippen LogP contribution in [-0.2, 0) is 9.53 Å². The van der Waals surface area contributed by atoms with E-state index in [0.29, 0.717) is 25.5 Å². The van der Waals surface area contributed by atoms with E-state index in [1.165, 1.54) is 0 Å². The zero-order chi connectivity index (χ0) is 14.0. The Hall–Kier alpha value is -0.610. The second kappa shape index (κ2) is 5.57. The van der Waals surface area contributed by atoms with E-state index in [0.717, 1.165) is 13.1 Å². The Kier molecular flexibility index (Phi) is 4.78. The topological polar surface area (TPSA) is 49.8 Å². The minimum Gasteiger partial charge on any atom is -0.465 e. The number of carbonyl (C=O) groups is 1. The Labute approximate surface area is 110 Å². The Morgan fingerprint density at radius 1 is 1.39 bits per heavy atom. The second-order valence-corrected chi connectivity index (χ2v) is 6.01. The van der Waals surface area contributed by atoms with Crippen LogP contribution in [0.15, 0.2) is 0 Å². The largest absolute Gasteiger partial charge is 0.465 e. The Morgan fingerprint density at radius 3 is 2.28 bits per heavy atom. The van der Waals surface area contributed by atoms with Gasteiger partial charge in [0.05, 0.1) is 17.6 Å².